The minimum absolute atomic E-state index is 0.0554. The third-order valence-corrected chi connectivity index (χ3v) is 8.08. The molecule has 0 bridgehead atoms. The van der Waals surface area contributed by atoms with Crippen molar-refractivity contribution < 1.29 is 17.6 Å². The fourth-order valence-corrected chi connectivity index (χ4v) is 5.80. The van der Waals surface area contributed by atoms with Crippen LogP contribution in [-0.2, 0) is 13.2 Å². The van der Waals surface area contributed by atoms with Gasteiger partial charge in [-0.25, -0.2) is 8.91 Å². The van der Waals surface area contributed by atoms with Gasteiger partial charge in [0.05, 0.1) is 22.3 Å². The van der Waals surface area contributed by atoms with Crippen LogP contribution in [-0.4, -0.2) is 31.2 Å². The van der Waals surface area contributed by atoms with E-state index in [0.717, 1.165) is 50.9 Å². The molecule has 0 N–H and O–H groups in total. The second kappa shape index (κ2) is 7.78. The Morgan fingerprint density at radius 3 is 2.50 bits per heavy atom. The Kier molecular flexibility index (Phi) is 4.97. The molecule has 1 aliphatic carbocycles. The number of fused-ring (bicyclic) bond motifs is 3. The molecule has 1 aliphatic heterocycles. The lowest BCUT2D eigenvalue weighted by Crippen LogP contribution is -2.61. The fourth-order valence-electron chi connectivity index (χ4n) is 5.80. The molecular formula is C26H25F4N5O. The normalized spacial score (nSPS) is 22.5. The third-order valence-electron chi connectivity index (χ3n) is 8.08. The lowest BCUT2D eigenvalue weighted by Gasteiger charge is -2.57. The van der Waals surface area contributed by atoms with E-state index in [2.05, 4.69) is 21.9 Å². The molecule has 2 fully saturated rings. The zero-order chi connectivity index (χ0) is 25.4. The van der Waals surface area contributed by atoms with Crippen molar-refractivity contribution in [3.8, 4) is 11.3 Å². The molecule has 4 heterocycles. The van der Waals surface area contributed by atoms with Gasteiger partial charge in [-0.1, -0.05) is 6.92 Å². The van der Waals surface area contributed by atoms with Gasteiger partial charge >= 0.3 is 6.18 Å². The van der Waals surface area contributed by atoms with Gasteiger partial charge in [0, 0.05) is 37.0 Å². The number of hydrogen-bond donors (Lipinski definition) is 0. The zero-order valence-electron chi connectivity index (χ0n) is 19.9. The Labute approximate surface area is 204 Å². The van der Waals surface area contributed by atoms with Gasteiger partial charge in [0.1, 0.15) is 17.2 Å². The summed E-state index contributed by atoms with van der Waals surface area (Å²) in [4.78, 5) is 18.6. The van der Waals surface area contributed by atoms with Crippen molar-refractivity contribution in [2.24, 2.45) is 13.0 Å². The van der Waals surface area contributed by atoms with Gasteiger partial charge in [-0.05, 0) is 62.3 Å². The van der Waals surface area contributed by atoms with E-state index in [0.29, 0.717) is 22.8 Å². The number of nitrogens with zero attached hydrogens (tertiary/aromatic N) is 5. The number of halogens is 4. The van der Waals surface area contributed by atoms with E-state index in [1.165, 1.54) is 28.3 Å². The Hall–Kier alpha value is -3.43. The van der Waals surface area contributed by atoms with E-state index in [-0.39, 0.29) is 22.2 Å². The molecule has 188 valence electrons. The largest absolute Gasteiger partial charge is 0.433 e. The Balaban J connectivity index is 1.51. The van der Waals surface area contributed by atoms with Crippen molar-refractivity contribution in [3.05, 3.63) is 58.4 Å². The number of hydrogen-bond acceptors (Lipinski definition) is 4. The van der Waals surface area contributed by atoms with E-state index >= 15 is 4.39 Å². The molecule has 2 aliphatic rings. The van der Waals surface area contributed by atoms with Crippen molar-refractivity contribution in [1.82, 2.24) is 19.2 Å². The average Bonchev–Trinajstić information content (AvgIpc) is 3.29. The molecule has 1 spiro atoms. The summed E-state index contributed by atoms with van der Waals surface area (Å²) >= 11 is 0. The van der Waals surface area contributed by atoms with Gasteiger partial charge < -0.3 is 4.90 Å². The highest BCUT2D eigenvalue weighted by Crippen LogP contribution is 2.48. The summed E-state index contributed by atoms with van der Waals surface area (Å²) in [5, 5.41) is 4.71. The van der Waals surface area contributed by atoms with Crippen LogP contribution >= 0.6 is 0 Å². The first-order valence-electron chi connectivity index (χ1n) is 12.1. The monoisotopic (exact) mass is 499 g/mol. The summed E-state index contributed by atoms with van der Waals surface area (Å²) in [6.07, 6.45) is 1.72. The Bertz CT molecular complexity index is 1560. The number of benzene rings is 1. The van der Waals surface area contributed by atoms with Crippen LogP contribution in [0.5, 0.6) is 0 Å². The van der Waals surface area contributed by atoms with Gasteiger partial charge in [0.15, 0.2) is 0 Å². The van der Waals surface area contributed by atoms with Crippen molar-refractivity contribution in [2.75, 3.05) is 11.4 Å². The summed E-state index contributed by atoms with van der Waals surface area (Å²) in [6.45, 7) is 2.99. The molecule has 1 saturated carbocycles. The van der Waals surface area contributed by atoms with Crippen molar-refractivity contribution in [3.63, 3.8) is 0 Å². The molecule has 6 rings (SSSR count). The molecule has 0 amide bonds. The number of alkyl halides is 3. The Morgan fingerprint density at radius 2 is 1.83 bits per heavy atom. The van der Waals surface area contributed by atoms with Gasteiger partial charge in [-0.3, -0.25) is 14.3 Å². The lowest BCUT2D eigenvalue weighted by atomic mass is 9.69. The minimum atomic E-state index is -4.59. The summed E-state index contributed by atoms with van der Waals surface area (Å²) in [5.74, 6) is 0.212. The molecule has 4 aromatic rings. The smallest absolute Gasteiger partial charge is 0.363 e. The van der Waals surface area contributed by atoms with E-state index in [9.17, 15) is 18.0 Å². The van der Waals surface area contributed by atoms with Crippen LogP contribution in [0.15, 0.2) is 41.3 Å². The van der Waals surface area contributed by atoms with Gasteiger partial charge in [-0.15, -0.1) is 0 Å². The first-order chi connectivity index (χ1) is 17.1. The number of aromatic nitrogens is 4. The second-order valence-electron chi connectivity index (χ2n) is 10.2. The molecule has 0 unspecified atom stereocenters. The SMILES string of the molecule is CC1CCC2(CC1)CCN2c1cc2c(cc1F)c(=O)n(C)c1cc(-c3ccnc(C(F)(F)F)c3)nn21. The van der Waals surface area contributed by atoms with Crippen LogP contribution in [0.1, 0.15) is 44.7 Å². The molecule has 1 aromatic carbocycles. The standard InChI is InChI=1S/C26H25F4N5O/c1-15-3-6-25(7-4-15)8-10-34(25)21-14-20-17(12-18(21)27)24(36)33(2)23-13-19(32-35(20)23)16-5-9-31-22(11-16)26(28,29)30/h5,9,11-15H,3-4,6-8,10H2,1-2H3. The number of anilines is 1. The molecule has 3 aromatic heterocycles. The molecule has 0 atom stereocenters. The van der Waals surface area contributed by atoms with Crippen LogP contribution < -0.4 is 10.5 Å². The van der Waals surface area contributed by atoms with Crippen molar-refractivity contribution in [2.45, 2.75) is 50.7 Å². The van der Waals surface area contributed by atoms with Gasteiger partial charge in [0.2, 0.25) is 0 Å². The summed E-state index contributed by atoms with van der Waals surface area (Å²) in [6, 6.07) is 6.87. The maximum atomic E-state index is 15.4. The highest BCUT2D eigenvalue weighted by atomic mass is 19.4. The molecule has 36 heavy (non-hydrogen) atoms. The average molecular weight is 500 g/mol. The number of rotatable bonds is 2. The molecular weight excluding hydrogens is 474 g/mol. The number of aryl methyl sites for hydroxylation is 1. The Morgan fingerprint density at radius 1 is 1.08 bits per heavy atom. The molecule has 1 saturated heterocycles. The minimum Gasteiger partial charge on any atom is -0.363 e. The molecule has 0 radical (unpaired) electrons. The van der Waals surface area contributed by atoms with Crippen LogP contribution in [0.3, 0.4) is 0 Å². The third kappa shape index (κ3) is 3.41. The van der Waals surface area contributed by atoms with Crippen LogP contribution in [0, 0.1) is 11.7 Å². The second-order valence-corrected chi connectivity index (χ2v) is 10.2. The van der Waals surface area contributed by atoms with Crippen molar-refractivity contribution >= 4 is 22.2 Å². The zero-order valence-corrected chi connectivity index (χ0v) is 19.9. The quantitative estimate of drug-likeness (QED) is 0.339. The highest BCUT2D eigenvalue weighted by molar-refractivity contribution is 5.85. The predicted molar refractivity (Wildman–Crippen MR) is 128 cm³/mol. The first-order valence-corrected chi connectivity index (χ1v) is 12.1. The predicted octanol–water partition coefficient (Wildman–Crippen LogP) is 5.57. The lowest BCUT2D eigenvalue weighted by molar-refractivity contribution is -0.141. The van der Waals surface area contributed by atoms with E-state index in [1.807, 2.05) is 0 Å². The van der Waals surface area contributed by atoms with Gasteiger partial charge in [0.25, 0.3) is 5.56 Å². The van der Waals surface area contributed by atoms with Crippen LogP contribution in [0.25, 0.3) is 27.8 Å². The van der Waals surface area contributed by atoms with E-state index in [4.69, 9.17) is 0 Å². The number of pyridine rings is 1. The molecule has 6 nitrogen and oxygen atoms in total. The van der Waals surface area contributed by atoms with Gasteiger partial charge in [-0.2, -0.15) is 18.3 Å². The fraction of sp³-hybridized carbons (Fsp3) is 0.423. The summed E-state index contributed by atoms with van der Waals surface area (Å²) in [7, 11) is 1.54. The van der Waals surface area contributed by atoms with Crippen LogP contribution in [0.4, 0.5) is 23.2 Å². The van der Waals surface area contributed by atoms with Crippen molar-refractivity contribution in [1.29, 1.82) is 0 Å². The van der Waals surface area contributed by atoms with Crippen LogP contribution in [0.2, 0.25) is 0 Å². The van der Waals surface area contributed by atoms with E-state index in [1.54, 1.807) is 12.1 Å². The topological polar surface area (TPSA) is 55.4 Å². The summed E-state index contributed by atoms with van der Waals surface area (Å²) in [5.41, 5.74) is 0.274. The maximum absolute atomic E-state index is 15.4. The summed E-state index contributed by atoms with van der Waals surface area (Å²) < 4.78 is 57.9. The molecule has 10 heteroatoms. The maximum Gasteiger partial charge on any atom is 0.433 e. The first kappa shape index (κ1) is 23.0. The highest BCUT2D eigenvalue weighted by Gasteiger charge is 2.47. The van der Waals surface area contributed by atoms with E-state index < -0.39 is 23.2 Å².